The minimum absolute atomic E-state index is 0.0398. The number of amides is 1. The Morgan fingerprint density at radius 3 is 2.85 bits per heavy atom. The summed E-state index contributed by atoms with van der Waals surface area (Å²) in [5.74, 6) is 0.226. The molecule has 27 heavy (non-hydrogen) atoms. The molecule has 0 spiro atoms. The molecular weight excluding hydrogens is 358 g/mol. The third-order valence-corrected chi connectivity index (χ3v) is 6.42. The average Bonchev–Trinajstić information content (AvgIpc) is 3.40. The van der Waals surface area contributed by atoms with Crippen LogP contribution in [0.5, 0.6) is 0 Å². The number of carbonyl (C=O) groups is 1. The van der Waals surface area contributed by atoms with Crippen LogP contribution in [0.25, 0.3) is 5.13 Å². The summed E-state index contributed by atoms with van der Waals surface area (Å²) in [7, 11) is 0. The Morgan fingerprint density at radius 2 is 2.04 bits per heavy atom. The van der Waals surface area contributed by atoms with Crippen LogP contribution in [0.1, 0.15) is 44.9 Å². The van der Waals surface area contributed by atoms with Crippen LogP contribution in [0.2, 0.25) is 0 Å². The summed E-state index contributed by atoms with van der Waals surface area (Å²) in [6.07, 6.45) is 14.3. The summed E-state index contributed by atoms with van der Waals surface area (Å²) in [5.41, 5.74) is 1.51. The van der Waals surface area contributed by atoms with Gasteiger partial charge >= 0.3 is 0 Å². The zero-order valence-corrected chi connectivity index (χ0v) is 16.5. The van der Waals surface area contributed by atoms with E-state index in [4.69, 9.17) is 0 Å². The van der Waals surface area contributed by atoms with Crippen molar-refractivity contribution in [3.05, 3.63) is 36.2 Å². The van der Waals surface area contributed by atoms with Gasteiger partial charge in [0.15, 0.2) is 0 Å². The van der Waals surface area contributed by atoms with Gasteiger partial charge in [0.25, 0.3) is 0 Å². The monoisotopic (exact) mass is 385 g/mol. The number of allylic oxidation sites excluding steroid dienone is 1. The quantitative estimate of drug-likeness (QED) is 0.773. The van der Waals surface area contributed by atoms with Gasteiger partial charge in [-0.05, 0) is 57.1 Å². The van der Waals surface area contributed by atoms with Gasteiger partial charge in [-0.3, -0.25) is 9.36 Å². The van der Waals surface area contributed by atoms with Crippen LogP contribution >= 0.6 is 11.3 Å². The molecule has 0 aromatic carbocycles. The van der Waals surface area contributed by atoms with Crippen LogP contribution in [0, 0.1) is 5.92 Å². The van der Waals surface area contributed by atoms with E-state index >= 15 is 0 Å². The molecule has 1 aliphatic carbocycles. The number of hydrogen-bond donors (Lipinski definition) is 1. The van der Waals surface area contributed by atoms with E-state index in [0.717, 1.165) is 49.2 Å². The van der Waals surface area contributed by atoms with Gasteiger partial charge in [-0.25, -0.2) is 0 Å². The summed E-state index contributed by atoms with van der Waals surface area (Å²) in [6.45, 7) is 2.43. The molecule has 0 radical (unpaired) electrons. The van der Waals surface area contributed by atoms with E-state index in [1.807, 2.05) is 29.1 Å². The second-order valence-corrected chi connectivity index (χ2v) is 8.33. The maximum atomic E-state index is 12.6. The predicted octanol–water partition coefficient (Wildman–Crippen LogP) is 3.55. The van der Waals surface area contributed by atoms with E-state index in [0.29, 0.717) is 0 Å². The van der Waals surface area contributed by atoms with Gasteiger partial charge in [0.2, 0.25) is 16.2 Å². The number of piperidine rings is 1. The molecule has 1 aliphatic heterocycles. The maximum Gasteiger partial charge on any atom is 0.224 e. The molecule has 6 nitrogen and oxygen atoms in total. The molecule has 144 valence electrons. The first-order chi connectivity index (χ1) is 13.3. The third kappa shape index (κ3) is 4.58. The van der Waals surface area contributed by atoms with Gasteiger partial charge in [0, 0.05) is 32.0 Å². The highest BCUT2D eigenvalue weighted by Gasteiger charge is 2.27. The highest BCUT2D eigenvalue weighted by molar-refractivity contribution is 7.17. The van der Waals surface area contributed by atoms with Gasteiger partial charge in [-0.1, -0.05) is 23.0 Å². The molecule has 2 aliphatic rings. The van der Waals surface area contributed by atoms with Crippen molar-refractivity contribution in [1.29, 1.82) is 0 Å². The molecule has 7 heteroatoms. The summed E-state index contributed by atoms with van der Waals surface area (Å²) in [5, 5.41) is 13.6. The molecule has 4 rings (SSSR count). The number of aromatic nitrogens is 3. The zero-order chi connectivity index (χ0) is 18.5. The fraction of sp³-hybridized carbons (Fsp3) is 0.550. The molecule has 0 bridgehead atoms. The first kappa shape index (κ1) is 18.2. The van der Waals surface area contributed by atoms with E-state index in [1.54, 1.807) is 11.3 Å². The molecule has 2 aromatic rings. The summed E-state index contributed by atoms with van der Waals surface area (Å²) >= 11 is 1.58. The molecule has 3 heterocycles. The molecule has 1 amide bonds. The van der Waals surface area contributed by atoms with E-state index in [1.165, 1.54) is 31.3 Å². The van der Waals surface area contributed by atoms with Crippen molar-refractivity contribution in [2.24, 2.45) is 5.92 Å². The summed E-state index contributed by atoms with van der Waals surface area (Å²) in [4.78, 5) is 14.8. The third-order valence-electron chi connectivity index (χ3n) is 5.42. The zero-order valence-electron chi connectivity index (χ0n) is 15.6. The lowest BCUT2D eigenvalue weighted by Crippen LogP contribution is -2.43. The van der Waals surface area contributed by atoms with Crippen LogP contribution in [-0.4, -0.2) is 40.3 Å². The van der Waals surface area contributed by atoms with E-state index in [2.05, 4.69) is 26.5 Å². The molecular formula is C20H27N5OS. The normalized spacial score (nSPS) is 20.4. The molecule has 1 fully saturated rings. The summed E-state index contributed by atoms with van der Waals surface area (Å²) in [6, 6.07) is 3.96. The first-order valence-corrected chi connectivity index (χ1v) is 10.8. The van der Waals surface area contributed by atoms with Crippen molar-refractivity contribution in [2.45, 2.75) is 44.9 Å². The van der Waals surface area contributed by atoms with Crippen molar-refractivity contribution < 1.29 is 4.79 Å². The van der Waals surface area contributed by atoms with Gasteiger partial charge < -0.3 is 10.2 Å². The second kappa shape index (κ2) is 8.69. The Hall–Kier alpha value is -2.15. The second-order valence-electron chi connectivity index (χ2n) is 7.39. The van der Waals surface area contributed by atoms with Gasteiger partial charge in [-0.15, -0.1) is 10.2 Å². The number of anilines is 1. The first-order valence-electron chi connectivity index (χ1n) is 9.97. The molecule has 1 atom stereocenters. The van der Waals surface area contributed by atoms with Crippen molar-refractivity contribution >= 4 is 22.4 Å². The smallest absolute Gasteiger partial charge is 0.224 e. The lowest BCUT2D eigenvalue weighted by molar-refractivity contribution is -0.125. The molecule has 2 aromatic heterocycles. The van der Waals surface area contributed by atoms with Crippen molar-refractivity contribution in [1.82, 2.24) is 20.1 Å². The Labute approximate surface area is 164 Å². The van der Waals surface area contributed by atoms with Crippen LogP contribution in [0.3, 0.4) is 0 Å². The van der Waals surface area contributed by atoms with Gasteiger partial charge in [-0.2, -0.15) is 0 Å². The maximum absolute atomic E-state index is 12.6. The standard InChI is InChI=1S/C20H27N5OS/c26-18(21-11-10-16-7-2-1-3-8-16)17-9-6-14-25(15-17)20-23-22-19(27-20)24-12-4-5-13-24/h4-5,7,12-13,17H,1-3,6,8-11,14-15H2,(H,21,26)/t17-/m1/s1. The van der Waals surface area contributed by atoms with Crippen LogP contribution in [-0.2, 0) is 4.79 Å². The van der Waals surface area contributed by atoms with E-state index in [9.17, 15) is 4.79 Å². The number of nitrogens with zero attached hydrogens (tertiary/aromatic N) is 4. The Kier molecular flexibility index (Phi) is 5.87. The SMILES string of the molecule is O=C(NCCC1=CCCCC1)[C@@H]1CCCN(c2nnc(-n3cccc3)s2)C1. The van der Waals surface area contributed by atoms with Crippen LogP contribution < -0.4 is 10.2 Å². The van der Waals surface area contributed by atoms with Crippen molar-refractivity contribution in [3.63, 3.8) is 0 Å². The largest absolute Gasteiger partial charge is 0.355 e. The van der Waals surface area contributed by atoms with Crippen molar-refractivity contribution in [2.75, 3.05) is 24.5 Å². The summed E-state index contributed by atoms with van der Waals surface area (Å²) < 4.78 is 1.97. The lowest BCUT2D eigenvalue weighted by Gasteiger charge is -2.31. The minimum Gasteiger partial charge on any atom is -0.355 e. The highest BCUT2D eigenvalue weighted by Crippen LogP contribution is 2.28. The Balaban J connectivity index is 1.29. The lowest BCUT2D eigenvalue weighted by atomic mass is 9.96. The predicted molar refractivity (Wildman–Crippen MR) is 108 cm³/mol. The minimum atomic E-state index is 0.0398. The number of carbonyl (C=O) groups excluding carboxylic acids is 1. The number of rotatable bonds is 6. The molecule has 1 saturated heterocycles. The molecule has 0 unspecified atom stereocenters. The fourth-order valence-corrected chi connectivity index (χ4v) is 4.74. The average molecular weight is 386 g/mol. The molecule has 0 saturated carbocycles. The van der Waals surface area contributed by atoms with Crippen molar-refractivity contribution in [3.8, 4) is 5.13 Å². The highest BCUT2D eigenvalue weighted by atomic mass is 32.1. The molecule has 1 N–H and O–H groups in total. The van der Waals surface area contributed by atoms with Gasteiger partial charge in [0.1, 0.15) is 0 Å². The van der Waals surface area contributed by atoms with E-state index in [-0.39, 0.29) is 11.8 Å². The van der Waals surface area contributed by atoms with Crippen LogP contribution in [0.4, 0.5) is 5.13 Å². The fourth-order valence-electron chi connectivity index (χ4n) is 3.89. The Morgan fingerprint density at radius 1 is 1.19 bits per heavy atom. The topological polar surface area (TPSA) is 63.1 Å². The number of hydrogen-bond acceptors (Lipinski definition) is 5. The van der Waals surface area contributed by atoms with E-state index < -0.39 is 0 Å². The van der Waals surface area contributed by atoms with Gasteiger partial charge in [0.05, 0.1) is 5.92 Å². The number of nitrogens with one attached hydrogen (secondary N) is 1. The Bertz CT molecular complexity index is 782. The van der Waals surface area contributed by atoms with Crippen LogP contribution in [0.15, 0.2) is 36.2 Å².